The number of carboxylic acids is 1. The zero-order valence-electron chi connectivity index (χ0n) is 9.52. The van der Waals surface area contributed by atoms with Gasteiger partial charge in [0.1, 0.15) is 6.54 Å². The summed E-state index contributed by atoms with van der Waals surface area (Å²) in [5.74, 6) is -1.22. The zero-order valence-corrected chi connectivity index (χ0v) is 10.3. The maximum Gasteiger partial charge on any atom is 0.323 e. The number of rotatable bonds is 5. The van der Waals surface area contributed by atoms with E-state index in [1.165, 1.54) is 4.90 Å². The summed E-state index contributed by atoms with van der Waals surface area (Å²) in [7, 11) is 0. The lowest BCUT2D eigenvalue weighted by atomic mass is 10.1. The van der Waals surface area contributed by atoms with Crippen LogP contribution < -0.4 is 0 Å². The lowest BCUT2D eigenvalue weighted by Crippen LogP contribution is -2.36. The van der Waals surface area contributed by atoms with E-state index < -0.39 is 5.97 Å². The lowest BCUT2D eigenvalue weighted by Gasteiger charge is -2.18. The fourth-order valence-corrected chi connectivity index (χ4v) is 1.69. The number of hydrogen-bond donors (Lipinski definition) is 1. The van der Waals surface area contributed by atoms with Crippen molar-refractivity contribution in [3.63, 3.8) is 0 Å². The Balaban J connectivity index is 2.67. The minimum atomic E-state index is -1.01. The van der Waals surface area contributed by atoms with Gasteiger partial charge in [0.2, 0.25) is 5.91 Å². The second-order valence-electron chi connectivity index (χ2n) is 3.61. The predicted octanol–water partition coefficient (Wildman–Crippen LogP) is 1.82. The molecule has 0 aliphatic heterocycles. The first-order valence-electron chi connectivity index (χ1n) is 5.27. The van der Waals surface area contributed by atoms with Gasteiger partial charge in [-0.05, 0) is 24.6 Å². The standard InChI is InChI=1S/C12H14ClNO3/c1-2-14(8-12(16)17)11(15)7-9-4-3-5-10(13)6-9/h3-6H,2,7-8H2,1H3,(H,16,17). The average Bonchev–Trinajstić information content (AvgIpc) is 2.25. The molecular weight excluding hydrogens is 242 g/mol. The Hall–Kier alpha value is -1.55. The van der Waals surface area contributed by atoms with Gasteiger partial charge in [-0.25, -0.2) is 0 Å². The molecule has 1 aromatic rings. The van der Waals surface area contributed by atoms with Crippen molar-refractivity contribution in [2.45, 2.75) is 13.3 Å². The molecule has 92 valence electrons. The molecular formula is C12H14ClNO3. The minimum Gasteiger partial charge on any atom is -0.480 e. The van der Waals surface area contributed by atoms with Crippen LogP contribution in [-0.2, 0) is 16.0 Å². The predicted molar refractivity (Wildman–Crippen MR) is 65.0 cm³/mol. The highest BCUT2D eigenvalue weighted by Gasteiger charge is 2.15. The molecule has 0 bridgehead atoms. The van der Waals surface area contributed by atoms with Crippen molar-refractivity contribution in [1.82, 2.24) is 4.90 Å². The van der Waals surface area contributed by atoms with E-state index in [0.717, 1.165) is 5.56 Å². The Bertz CT molecular complexity index is 420. The molecule has 0 unspecified atom stereocenters. The van der Waals surface area contributed by atoms with Gasteiger partial charge in [0.25, 0.3) is 0 Å². The van der Waals surface area contributed by atoms with Crippen molar-refractivity contribution in [2.24, 2.45) is 0 Å². The molecule has 0 aliphatic carbocycles. The molecule has 0 saturated heterocycles. The summed E-state index contributed by atoms with van der Waals surface area (Å²) < 4.78 is 0. The number of nitrogens with zero attached hydrogens (tertiary/aromatic N) is 1. The van der Waals surface area contributed by atoms with Gasteiger partial charge in [0, 0.05) is 11.6 Å². The number of carbonyl (C=O) groups excluding carboxylic acids is 1. The maximum absolute atomic E-state index is 11.8. The molecule has 0 radical (unpaired) electrons. The molecule has 1 rings (SSSR count). The van der Waals surface area contributed by atoms with Crippen LogP contribution in [0.4, 0.5) is 0 Å². The van der Waals surface area contributed by atoms with Crippen molar-refractivity contribution in [2.75, 3.05) is 13.1 Å². The van der Waals surface area contributed by atoms with Crippen LogP contribution in [0, 0.1) is 0 Å². The second kappa shape index (κ2) is 6.25. The molecule has 5 heteroatoms. The molecule has 0 aliphatic rings. The number of likely N-dealkylation sites (N-methyl/N-ethyl adjacent to an activating group) is 1. The van der Waals surface area contributed by atoms with Gasteiger partial charge in [0.15, 0.2) is 0 Å². The van der Waals surface area contributed by atoms with Gasteiger partial charge < -0.3 is 10.0 Å². The SMILES string of the molecule is CCN(CC(=O)O)C(=O)Cc1cccc(Cl)c1. The molecule has 0 spiro atoms. The largest absolute Gasteiger partial charge is 0.480 e. The quantitative estimate of drug-likeness (QED) is 0.873. The highest BCUT2D eigenvalue weighted by atomic mass is 35.5. The Morgan fingerprint density at radius 3 is 2.65 bits per heavy atom. The summed E-state index contributed by atoms with van der Waals surface area (Å²) in [5, 5.41) is 9.23. The highest BCUT2D eigenvalue weighted by molar-refractivity contribution is 6.30. The Morgan fingerprint density at radius 1 is 1.41 bits per heavy atom. The van der Waals surface area contributed by atoms with Crippen LogP contribution in [0.15, 0.2) is 24.3 Å². The number of benzene rings is 1. The number of aliphatic carboxylic acids is 1. The fourth-order valence-electron chi connectivity index (χ4n) is 1.47. The molecule has 1 amide bonds. The van der Waals surface area contributed by atoms with Crippen LogP contribution in [0.25, 0.3) is 0 Å². The number of carboxylic acid groups (broad SMARTS) is 1. The summed E-state index contributed by atoms with van der Waals surface area (Å²) >= 11 is 5.81. The van der Waals surface area contributed by atoms with E-state index in [0.29, 0.717) is 11.6 Å². The number of halogens is 1. The molecule has 4 nitrogen and oxygen atoms in total. The first kappa shape index (κ1) is 13.5. The van der Waals surface area contributed by atoms with E-state index in [1.54, 1.807) is 31.2 Å². The van der Waals surface area contributed by atoms with Crippen molar-refractivity contribution in [1.29, 1.82) is 0 Å². The summed E-state index contributed by atoms with van der Waals surface area (Å²) in [6, 6.07) is 6.98. The van der Waals surface area contributed by atoms with E-state index in [2.05, 4.69) is 0 Å². The molecule has 0 aromatic heterocycles. The van der Waals surface area contributed by atoms with Crippen LogP contribution in [0.2, 0.25) is 5.02 Å². The van der Waals surface area contributed by atoms with Crippen molar-refractivity contribution >= 4 is 23.5 Å². The van der Waals surface area contributed by atoms with Gasteiger partial charge in [0.05, 0.1) is 6.42 Å². The molecule has 0 heterocycles. The smallest absolute Gasteiger partial charge is 0.323 e. The summed E-state index contributed by atoms with van der Waals surface area (Å²) in [4.78, 5) is 23.7. The fraction of sp³-hybridized carbons (Fsp3) is 0.333. The Morgan fingerprint density at radius 2 is 2.12 bits per heavy atom. The third kappa shape index (κ3) is 4.44. The Kier molecular flexibility index (Phi) is 4.97. The minimum absolute atomic E-state index is 0.168. The first-order valence-corrected chi connectivity index (χ1v) is 5.64. The number of hydrogen-bond acceptors (Lipinski definition) is 2. The van der Waals surface area contributed by atoms with Crippen LogP contribution >= 0.6 is 11.6 Å². The second-order valence-corrected chi connectivity index (χ2v) is 4.04. The molecule has 1 aromatic carbocycles. The van der Waals surface area contributed by atoms with E-state index in [1.807, 2.05) is 0 Å². The number of amides is 1. The molecule has 0 atom stereocenters. The van der Waals surface area contributed by atoms with E-state index >= 15 is 0 Å². The van der Waals surface area contributed by atoms with Crippen LogP contribution in [0.5, 0.6) is 0 Å². The highest BCUT2D eigenvalue weighted by Crippen LogP contribution is 2.11. The van der Waals surface area contributed by atoms with Crippen molar-refractivity contribution in [3.05, 3.63) is 34.9 Å². The van der Waals surface area contributed by atoms with Crippen LogP contribution in [0.1, 0.15) is 12.5 Å². The average molecular weight is 256 g/mol. The van der Waals surface area contributed by atoms with Crippen LogP contribution in [0.3, 0.4) is 0 Å². The first-order chi connectivity index (χ1) is 8.02. The van der Waals surface area contributed by atoms with E-state index in [4.69, 9.17) is 16.7 Å². The molecule has 0 saturated carbocycles. The van der Waals surface area contributed by atoms with Gasteiger partial charge in [-0.15, -0.1) is 0 Å². The van der Waals surface area contributed by atoms with Gasteiger partial charge in [-0.3, -0.25) is 9.59 Å². The summed E-state index contributed by atoms with van der Waals surface area (Å²) in [6.07, 6.45) is 0.168. The maximum atomic E-state index is 11.8. The monoisotopic (exact) mass is 255 g/mol. The molecule has 0 fully saturated rings. The van der Waals surface area contributed by atoms with Crippen LogP contribution in [-0.4, -0.2) is 35.0 Å². The van der Waals surface area contributed by atoms with Crippen molar-refractivity contribution in [3.8, 4) is 0 Å². The Labute approximate surface area is 105 Å². The lowest BCUT2D eigenvalue weighted by molar-refractivity contribution is -0.144. The third-order valence-corrected chi connectivity index (χ3v) is 2.54. The molecule has 1 N–H and O–H groups in total. The summed E-state index contributed by atoms with van der Waals surface area (Å²) in [6.45, 7) is 1.86. The van der Waals surface area contributed by atoms with Gasteiger partial charge >= 0.3 is 5.97 Å². The van der Waals surface area contributed by atoms with Gasteiger partial charge in [-0.1, -0.05) is 23.7 Å². The number of carbonyl (C=O) groups is 2. The van der Waals surface area contributed by atoms with Gasteiger partial charge in [-0.2, -0.15) is 0 Å². The zero-order chi connectivity index (χ0) is 12.8. The topological polar surface area (TPSA) is 57.6 Å². The van der Waals surface area contributed by atoms with E-state index in [-0.39, 0.29) is 18.9 Å². The van der Waals surface area contributed by atoms with Crippen molar-refractivity contribution < 1.29 is 14.7 Å². The third-order valence-electron chi connectivity index (χ3n) is 2.30. The molecule has 17 heavy (non-hydrogen) atoms. The normalized spacial score (nSPS) is 10.0. The van der Waals surface area contributed by atoms with E-state index in [9.17, 15) is 9.59 Å². The summed E-state index contributed by atoms with van der Waals surface area (Å²) in [5.41, 5.74) is 0.784.